The van der Waals surface area contributed by atoms with Gasteiger partial charge in [-0.2, -0.15) is 0 Å². The molecule has 0 spiro atoms. The number of anilines is 1. The van der Waals surface area contributed by atoms with Crippen LogP contribution in [0, 0.1) is 0 Å². The molecule has 0 aliphatic rings. The van der Waals surface area contributed by atoms with Crippen LogP contribution in [0.2, 0.25) is 0 Å². The van der Waals surface area contributed by atoms with E-state index in [0.29, 0.717) is 18.0 Å². The Morgan fingerprint density at radius 1 is 1.28 bits per heavy atom. The summed E-state index contributed by atoms with van der Waals surface area (Å²) in [5.41, 5.74) is 0.608. The standard InChI is InChI=1S/C13H15NO4/c1-2-9-18-11-5-3-10(4-6-11)14-12(15)7-8-13(16)17/h2-6H,1,7-9H2,(H,14,15)(H,16,17). The Balaban J connectivity index is 2.45. The van der Waals surface area contributed by atoms with Gasteiger partial charge in [0, 0.05) is 12.1 Å². The topological polar surface area (TPSA) is 75.6 Å². The molecule has 1 rings (SSSR count). The number of amides is 1. The Labute approximate surface area is 105 Å². The third-order valence-corrected chi connectivity index (χ3v) is 2.07. The fourth-order valence-electron chi connectivity index (χ4n) is 1.23. The largest absolute Gasteiger partial charge is 0.490 e. The third kappa shape index (κ3) is 5.16. The highest BCUT2D eigenvalue weighted by Crippen LogP contribution is 2.15. The maximum absolute atomic E-state index is 11.4. The zero-order valence-electron chi connectivity index (χ0n) is 9.89. The number of hydrogen-bond donors (Lipinski definition) is 2. The van der Waals surface area contributed by atoms with Crippen molar-refractivity contribution in [3.63, 3.8) is 0 Å². The summed E-state index contributed by atoms with van der Waals surface area (Å²) in [5.74, 6) is -0.631. The van der Waals surface area contributed by atoms with Crippen molar-refractivity contribution in [3.8, 4) is 5.75 Å². The number of carbonyl (C=O) groups excluding carboxylic acids is 1. The maximum Gasteiger partial charge on any atom is 0.303 e. The number of aliphatic carboxylic acids is 1. The molecule has 0 atom stereocenters. The highest BCUT2D eigenvalue weighted by Gasteiger charge is 2.05. The average Bonchev–Trinajstić information content (AvgIpc) is 2.35. The molecule has 1 aromatic carbocycles. The van der Waals surface area contributed by atoms with Crippen LogP contribution in [-0.2, 0) is 9.59 Å². The summed E-state index contributed by atoms with van der Waals surface area (Å²) in [6.07, 6.45) is 1.43. The summed E-state index contributed by atoms with van der Waals surface area (Å²) in [6, 6.07) is 6.82. The number of nitrogens with one attached hydrogen (secondary N) is 1. The molecule has 5 heteroatoms. The number of carbonyl (C=O) groups is 2. The van der Waals surface area contributed by atoms with Gasteiger partial charge < -0.3 is 15.2 Å². The summed E-state index contributed by atoms with van der Waals surface area (Å²) in [6.45, 7) is 3.96. The second-order valence-corrected chi connectivity index (χ2v) is 3.57. The molecule has 0 aliphatic heterocycles. The molecule has 0 heterocycles. The highest BCUT2D eigenvalue weighted by molar-refractivity contribution is 5.92. The molecule has 18 heavy (non-hydrogen) atoms. The summed E-state index contributed by atoms with van der Waals surface area (Å²) in [7, 11) is 0. The van der Waals surface area contributed by atoms with Crippen molar-refractivity contribution in [2.45, 2.75) is 12.8 Å². The van der Waals surface area contributed by atoms with Crippen LogP contribution in [0.4, 0.5) is 5.69 Å². The molecule has 0 saturated heterocycles. The summed E-state index contributed by atoms with van der Waals surface area (Å²) in [5, 5.41) is 11.0. The SMILES string of the molecule is C=CCOc1ccc(NC(=O)CCC(=O)O)cc1. The number of carboxylic acid groups (broad SMARTS) is 1. The molecule has 0 unspecified atom stereocenters. The first kappa shape index (κ1) is 13.8. The Morgan fingerprint density at radius 3 is 2.50 bits per heavy atom. The molecule has 0 saturated carbocycles. The van der Waals surface area contributed by atoms with Gasteiger partial charge in [0.05, 0.1) is 6.42 Å². The van der Waals surface area contributed by atoms with Gasteiger partial charge in [-0.25, -0.2) is 0 Å². The molecule has 1 amide bonds. The molecule has 0 bridgehead atoms. The second kappa shape index (κ2) is 7.11. The van der Waals surface area contributed by atoms with Gasteiger partial charge in [0.2, 0.25) is 5.91 Å². The summed E-state index contributed by atoms with van der Waals surface area (Å²) < 4.78 is 5.29. The first-order chi connectivity index (χ1) is 8.61. The molecule has 0 aromatic heterocycles. The average molecular weight is 249 g/mol. The van der Waals surface area contributed by atoms with Crippen LogP contribution in [0.5, 0.6) is 5.75 Å². The van der Waals surface area contributed by atoms with Gasteiger partial charge in [-0.3, -0.25) is 9.59 Å². The predicted octanol–water partition coefficient (Wildman–Crippen LogP) is 2.05. The molecule has 2 N–H and O–H groups in total. The van der Waals surface area contributed by atoms with Gasteiger partial charge in [0.25, 0.3) is 0 Å². The smallest absolute Gasteiger partial charge is 0.303 e. The fraction of sp³-hybridized carbons (Fsp3) is 0.231. The van der Waals surface area contributed by atoms with E-state index >= 15 is 0 Å². The molecular weight excluding hydrogens is 234 g/mol. The van der Waals surface area contributed by atoms with Crippen molar-refractivity contribution in [2.24, 2.45) is 0 Å². The van der Waals surface area contributed by atoms with Crippen LogP contribution >= 0.6 is 0 Å². The van der Waals surface area contributed by atoms with Crippen LogP contribution < -0.4 is 10.1 Å². The molecule has 1 aromatic rings. The van der Waals surface area contributed by atoms with Crippen molar-refractivity contribution < 1.29 is 19.4 Å². The molecule has 0 fully saturated rings. The number of rotatable bonds is 7. The van der Waals surface area contributed by atoms with Gasteiger partial charge in [-0.15, -0.1) is 0 Å². The van der Waals surface area contributed by atoms with Gasteiger partial charge in [0.1, 0.15) is 12.4 Å². The second-order valence-electron chi connectivity index (χ2n) is 3.57. The molecular formula is C13H15NO4. The predicted molar refractivity (Wildman–Crippen MR) is 67.6 cm³/mol. The van der Waals surface area contributed by atoms with E-state index in [1.807, 2.05) is 0 Å². The van der Waals surface area contributed by atoms with E-state index in [2.05, 4.69) is 11.9 Å². The van der Waals surface area contributed by atoms with Gasteiger partial charge in [-0.05, 0) is 24.3 Å². The summed E-state index contributed by atoms with van der Waals surface area (Å²) in [4.78, 5) is 21.7. The number of carboxylic acids is 1. The van der Waals surface area contributed by atoms with E-state index in [1.54, 1.807) is 30.3 Å². The first-order valence-electron chi connectivity index (χ1n) is 5.47. The number of hydrogen-bond acceptors (Lipinski definition) is 3. The lowest BCUT2D eigenvalue weighted by molar-refractivity contribution is -0.138. The lowest BCUT2D eigenvalue weighted by Crippen LogP contribution is -2.13. The lowest BCUT2D eigenvalue weighted by atomic mass is 10.2. The van der Waals surface area contributed by atoms with E-state index < -0.39 is 5.97 Å². The lowest BCUT2D eigenvalue weighted by Gasteiger charge is -2.06. The molecule has 96 valence electrons. The Morgan fingerprint density at radius 2 is 1.94 bits per heavy atom. The van der Waals surface area contributed by atoms with E-state index in [9.17, 15) is 9.59 Å². The Hall–Kier alpha value is -2.30. The van der Waals surface area contributed by atoms with E-state index in [-0.39, 0.29) is 18.7 Å². The molecule has 5 nitrogen and oxygen atoms in total. The zero-order valence-corrected chi connectivity index (χ0v) is 9.89. The quantitative estimate of drug-likeness (QED) is 0.725. The molecule has 0 radical (unpaired) electrons. The van der Waals surface area contributed by atoms with Crippen molar-refractivity contribution in [3.05, 3.63) is 36.9 Å². The van der Waals surface area contributed by atoms with Crippen LogP contribution in [-0.4, -0.2) is 23.6 Å². The highest BCUT2D eigenvalue weighted by atomic mass is 16.5. The Bertz CT molecular complexity index is 425. The minimum Gasteiger partial charge on any atom is -0.490 e. The zero-order chi connectivity index (χ0) is 13.4. The summed E-state index contributed by atoms with van der Waals surface area (Å²) >= 11 is 0. The Kier molecular flexibility index (Phi) is 5.44. The van der Waals surface area contributed by atoms with Crippen LogP contribution in [0.15, 0.2) is 36.9 Å². The third-order valence-electron chi connectivity index (χ3n) is 2.07. The van der Waals surface area contributed by atoms with E-state index in [1.165, 1.54) is 0 Å². The van der Waals surface area contributed by atoms with Crippen LogP contribution in [0.3, 0.4) is 0 Å². The van der Waals surface area contributed by atoms with Crippen molar-refractivity contribution >= 4 is 17.6 Å². The van der Waals surface area contributed by atoms with Crippen molar-refractivity contribution in [1.29, 1.82) is 0 Å². The fourth-order valence-corrected chi connectivity index (χ4v) is 1.23. The maximum atomic E-state index is 11.4. The number of ether oxygens (including phenoxy) is 1. The van der Waals surface area contributed by atoms with E-state index in [0.717, 1.165) is 0 Å². The number of benzene rings is 1. The molecule has 0 aliphatic carbocycles. The van der Waals surface area contributed by atoms with Crippen molar-refractivity contribution in [1.82, 2.24) is 0 Å². The van der Waals surface area contributed by atoms with Crippen molar-refractivity contribution in [2.75, 3.05) is 11.9 Å². The van der Waals surface area contributed by atoms with Gasteiger partial charge in [0.15, 0.2) is 0 Å². The monoisotopic (exact) mass is 249 g/mol. The minimum atomic E-state index is -0.988. The normalized spacial score (nSPS) is 9.56. The van der Waals surface area contributed by atoms with E-state index in [4.69, 9.17) is 9.84 Å². The minimum absolute atomic E-state index is 0.0376. The van der Waals surface area contributed by atoms with Crippen LogP contribution in [0.25, 0.3) is 0 Å². The van der Waals surface area contributed by atoms with Crippen LogP contribution in [0.1, 0.15) is 12.8 Å². The van der Waals surface area contributed by atoms with Gasteiger partial charge in [-0.1, -0.05) is 12.7 Å². The van der Waals surface area contributed by atoms with Gasteiger partial charge >= 0.3 is 5.97 Å². The first-order valence-corrected chi connectivity index (χ1v) is 5.47.